The maximum absolute atomic E-state index is 12.6. The van der Waals surface area contributed by atoms with Crippen LogP contribution in [-0.2, 0) is 4.74 Å². The first kappa shape index (κ1) is 17.1. The van der Waals surface area contributed by atoms with Gasteiger partial charge in [0.1, 0.15) is 11.4 Å². The molecule has 4 aliphatic rings. The minimum absolute atomic E-state index is 0.148. The number of piperazine rings is 1. The van der Waals surface area contributed by atoms with Crippen molar-refractivity contribution < 1.29 is 9.53 Å². The average molecular weight is 354 g/mol. The second-order valence-corrected chi connectivity index (χ2v) is 8.65. The number of rotatable bonds is 2. The van der Waals surface area contributed by atoms with Crippen LogP contribution in [-0.4, -0.2) is 46.8 Å². The molecule has 0 spiro atoms. The third-order valence-corrected chi connectivity index (χ3v) is 5.50. The Morgan fingerprint density at radius 3 is 2.54 bits per heavy atom. The minimum Gasteiger partial charge on any atom is -0.444 e. The number of piperidine rings is 2. The van der Waals surface area contributed by atoms with E-state index in [1.165, 1.54) is 0 Å². The zero-order valence-electron chi connectivity index (χ0n) is 15.7. The predicted octanol–water partition coefficient (Wildman–Crippen LogP) is 3.42. The van der Waals surface area contributed by atoms with E-state index in [1.54, 1.807) is 6.20 Å². The standard InChI is InChI=1S/C20H26N4O2/c1-20(2,3)26-19(25)24-12-15-6-7-16(24)11-23(15)18-17(13-4-5-13)14(10-21)8-9-22-18/h8-9,13,15-16H,4-7,11-12H2,1-3H3. The lowest BCUT2D eigenvalue weighted by atomic mass is 9.90. The van der Waals surface area contributed by atoms with Gasteiger partial charge in [-0.05, 0) is 58.4 Å². The number of aromatic nitrogens is 1. The molecule has 6 heteroatoms. The van der Waals surface area contributed by atoms with Crippen molar-refractivity contribution in [3.8, 4) is 6.07 Å². The molecule has 4 fully saturated rings. The van der Waals surface area contributed by atoms with Gasteiger partial charge in [0, 0.05) is 30.9 Å². The Hall–Kier alpha value is -2.29. The Labute approximate surface area is 154 Å². The van der Waals surface area contributed by atoms with Crippen LogP contribution in [0.25, 0.3) is 0 Å². The van der Waals surface area contributed by atoms with E-state index in [0.717, 1.165) is 49.2 Å². The number of nitrogens with zero attached hydrogens (tertiary/aromatic N) is 4. The molecule has 0 N–H and O–H groups in total. The monoisotopic (exact) mass is 354 g/mol. The molecule has 2 atom stereocenters. The van der Waals surface area contributed by atoms with Gasteiger partial charge in [-0.2, -0.15) is 5.26 Å². The van der Waals surface area contributed by atoms with E-state index in [0.29, 0.717) is 12.5 Å². The van der Waals surface area contributed by atoms with Gasteiger partial charge in [-0.25, -0.2) is 9.78 Å². The van der Waals surface area contributed by atoms with Gasteiger partial charge in [0.2, 0.25) is 0 Å². The van der Waals surface area contributed by atoms with E-state index < -0.39 is 5.60 Å². The fraction of sp³-hybridized carbons (Fsp3) is 0.650. The molecular formula is C20H26N4O2. The molecule has 0 radical (unpaired) electrons. The number of amides is 1. The van der Waals surface area contributed by atoms with Gasteiger partial charge in [0.25, 0.3) is 0 Å². The number of hydrogen-bond acceptors (Lipinski definition) is 5. The molecule has 138 valence electrons. The van der Waals surface area contributed by atoms with Crippen LogP contribution in [0.1, 0.15) is 63.5 Å². The van der Waals surface area contributed by atoms with E-state index in [-0.39, 0.29) is 18.2 Å². The van der Waals surface area contributed by atoms with Gasteiger partial charge in [0.15, 0.2) is 0 Å². The summed E-state index contributed by atoms with van der Waals surface area (Å²) in [5, 5.41) is 9.51. The SMILES string of the molecule is CC(C)(C)OC(=O)N1CC2CCC1CN2c1nccc(C#N)c1C1CC1. The molecule has 1 aliphatic carbocycles. The largest absolute Gasteiger partial charge is 0.444 e. The number of fused-ring (bicyclic) bond motifs is 3. The van der Waals surface area contributed by atoms with Crippen molar-refractivity contribution in [2.75, 3.05) is 18.0 Å². The molecule has 1 amide bonds. The third-order valence-electron chi connectivity index (χ3n) is 5.50. The normalized spacial score (nSPS) is 25.2. The molecule has 1 saturated carbocycles. The van der Waals surface area contributed by atoms with Crippen molar-refractivity contribution in [2.45, 2.75) is 70.1 Å². The number of carbonyl (C=O) groups is 1. The van der Waals surface area contributed by atoms with Gasteiger partial charge < -0.3 is 14.5 Å². The molecule has 2 unspecified atom stereocenters. The van der Waals surface area contributed by atoms with Crippen LogP contribution < -0.4 is 4.90 Å². The van der Waals surface area contributed by atoms with Gasteiger partial charge in [-0.15, -0.1) is 0 Å². The zero-order valence-corrected chi connectivity index (χ0v) is 15.7. The molecule has 3 saturated heterocycles. The Balaban J connectivity index is 1.58. The first-order chi connectivity index (χ1) is 12.4. The van der Waals surface area contributed by atoms with E-state index in [1.807, 2.05) is 31.7 Å². The van der Waals surface area contributed by atoms with Crippen molar-refractivity contribution in [3.05, 3.63) is 23.4 Å². The molecule has 0 aromatic carbocycles. The second kappa shape index (κ2) is 6.15. The van der Waals surface area contributed by atoms with Crippen molar-refractivity contribution in [1.82, 2.24) is 9.88 Å². The summed E-state index contributed by atoms with van der Waals surface area (Å²) in [6.07, 6.45) is 5.85. The second-order valence-electron chi connectivity index (χ2n) is 8.65. The maximum Gasteiger partial charge on any atom is 0.410 e. The summed E-state index contributed by atoms with van der Waals surface area (Å²) in [4.78, 5) is 21.4. The lowest BCUT2D eigenvalue weighted by Gasteiger charge is -2.52. The molecule has 1 aromatic heterocycles. The van der Waals surface area contributed by atoms with Crippen molar-refractivity contribution in [1.29, 1.82) is 5.26 Å². The van der Waals surface area contributed by atoms with Crippen LogP contribution in [0.2, 0.25) is 0 Å². The fourth-order valence-corrected chi connectivity index (χ4v) is 4.19. The van der Waals surface area contributed by atoms with Crippen LogP contribution in [0.4, 0.5) is 10.6 Å². The van der Waals surface area contributed by atoms with Gasteiger partial charge >= 0.3 is 6.09 Å². The lowest BCUT2D eigenvalue weighted by Crippen LogP contribution is -2.64. The summed E-state index contributed by atoms with van der Waals surface area (Å²) in [5.41, 5.74) is 1.39. The number of hydrogen-bond donors (Lipinski definition) is 0. The molecule has 2 bridgehead atoms. The van der Waals surface area contributed by atoms with Gasteiger partial charge in [-0.3, -0.25) is 0 Å². The zero-order chi connectivity index (χ0) is 18.5. The van der Waals surface area contributed by atoms with Crippen molar-refractivity contribution in [3.63, 3.8) is 0 Å². The van der Waals surface area contributed by atoms with Gasteiger partial charge in [0.05, 0.1) is 17.7 Å². The maximum atomic E-state index is 12.6. The average Bonchev–Trinajstić information content (AvgIpc) is 3.44. The summed E-state index contributed by atoms with van der Waals surface area (Å²) in [6.45, 7) is 7.14. The van der Waals surface area contributed by atoms with E-state index >= 15 is 0 Å². The quantitative estimate of drug-likeness (QED) is 0.814. The fourth-order valence-electron chi connectivity index (χ4n) is 4.19. The highest BCUT2D eigenvalue weighted by Gasteiger charge is 2.44. The molecule has 1 aromatic rings. The summed E-state index contributed by atoms with van der Waals surface area (Å²) in [6, 6.07) is 4.56. The summed E-state index contributed by atoms with van der Waals surface area (Å²) < 4.78 is 5.59. The van der Waals surface area contributed by atoms with E-state index in [2.05, 4.69) is 16.0 Å². The van der Waals surface area contributed by atoms with Crippen LogP contribution in [0.5, 0.6) is 0 Å². The summed E-state index contributed by atoms with van der Waals surface area (Å²) in [7, 11) is 0. The number of pyridine rings is 1. The smallest absolute Gasteiger partial charge is 0.410 e. The highest BCUT2D eigenvalue weighted by molar-refractivity contribution is 5.70. The first-order valence-electron chi connectivity index (χ1n) is 9.52. The molecule has 26 heavy (non-hydrogen) atoms. The van der Waals surface area contributed by atoms with E-state index in [4.69, 9.17) is 4.74 Å². The summed E-state index contributed by atoms with van der Waals surface area (Å²) in [5.74, 6) is 1.43. The Morgan fingerprint density at radius 1 is 1.23 bits per heavy atom. The predicted molar refractivity (Wildman–Crippen MR) is 98.0 cm³/mol. The summed E-state index contributed by atoms with van der Waals surface area (Å²) >= 11 is 0. The topological polar surface area (TPSA) is 69.5 Å². The van der Waals surface area contributed by atoms with Crippen LogP contribution in [0.15, 0.2) is 12.3 Å². The molecule has 4 heterocycles. The van der Waals surface area contributed by atoms with Crippen molar-refractivity contribution >= 4 is 11.9 Å². The van der Waals surface area contributed by atoms with Gasteiger partial charge in [-0.1, -0.05) is 0 Å². The number of nitriles is 1. The third kappa shape index (κ3) is 3.11. The number of anilines is 1. The Kier molecular flexibility index (Phi) is 4.06. The minimum atomic E-state index is -0.477. The van der Waals surface area contributed by atoms with Crippen LogP contribution in [0, 0.1) is 11.3 Å². The first-order valence-corrected chi connectivity index (χ1v) is 9.52. The van der Waals surface area contributed by atoms with Crippen LogP contribution >= 0.6 is 0 Å². The van der Waals surface area contributed by atoms with E-state index in [9.17, 15) is 10.1 Å². The molecule has 5 rings (SSSR count). The Bertz CT molecular complexity index is 760. The number of ether oxygens (including phenoxy) is 1. The highest BCUT2D eigenvalue weighted by Crippen LogP contribution is 2.46. The number of carbonyl (C=O) groups excluding carboxylic acids is 1. The highest BCUT2D eigenvalue weighted by atomic mass is 16.6. The van der Waals surface area contributed by atoms with Crippen molar-refractivity contribution in [2.24, 2.45) is 0 Å². The Morgan fingerprint density at radius 2 is 1.96 bits per heavy atom. The lowest BCUT2D eigenvalue weighted by molar-refractivity contribution is 0.000766. The molecular weight excluding hydrogens is 328 g/mol. The molecule has 6 nitrogen and oxygen atoms in total. The van der Waals surface area contributed by atoms with Crippen LogP contribution in [0.3, 0.4) is 0 Å². The molecule has 3 aliphatic heterocycles.